The van der Waals surface area contributed by atoms with Gasteiger partial charge < -0.3 is 14.6 Å². The van der Waals surface area contributed by atoms with Crippen molar-refractivity contribution in [2.24, 2.45) is 0 Å². The topological polar surface area (TPSA) is 41.1 Å². The first-order valence-corrected chi connectivity index (χ1v) is 8.28. The molecule has 0 amide bonds. The van der Waals surface area contributed by atoms with Crippen LogP contribution < -0.4 is 4.74 Å². The number of nitrogens with zero attached hydrogens (tertiary/aromatic N) is 2. The van der Waals surface area contributed by atoms with Gasteiger partial charge in [0, 0.05) is 22.8 Å². The van der Waals surface area contributed by atoms with Gasteiger partial charge in [-0.2, -0.15) is 0 Å². The van der Waals surface area contributed by atoms with Crippen LogP contribution >= 0.6 is 11.6 Å². The normalized spacial score (nSPS) is 11.8. The lowest BCUT2D eigenvalue weighted by atomic mass is 10.1. The quantitative estimate of drug-likeness (QED) is 0.596. The van der Waals surface area contributed by atoms with E-state index in [-0.39, 0.29) is 0 Å². The van der Waals surface area contributed by atoms with Crippen LogP contribution in [0.2, 0.25) is 5.02 Å². The molecule has 4 nitrogen and oxygen atoms in total. The summed E-state index contributed by atoms with van der Waals surface area (Å²) in [6, 6.07) is 13.9. The first kappa shape index (κ1) is 15.2. The molecule has 122 valence electrons. The molecule has 0 aliphatic rings. The molecular weight excluding hydrogens is 322 g/mol. The highest BCUT2D eigenvalue weighted by atomic mass is 35.5. The molecule has 4 aromatic rings. The van der Waals surface area contributed by atoms with Crippen LogP contribution in [0.1, 0.15) is 0 Å². The highest BCUT2D eigenvalue weighted by Gasteiger charge is 2.13. The number of pyridine rings is 1. The minimum absolute atomic E-state index is 0.651. The van der Waals surface area contributed by atoms with Crippen LogP contribution in [-0.4, -0.2) is 42.1 Å². The van der Waals surface area contributed by atoms with Crippen LogP contribution in [0.15, 0.2) is 42.5 Å². The predicted molar refractivity (Wildman–Crippen MR) is 100 cm³/mol. The molecule has 0 saturated carbocycles. The first-order valence-electron chi connectivity index (χ1n) is 7.91. The molecule has 0 radical (unpaired) electrons. The maximum Gasteiger partial charge on any atom is 0.120 e. The number of para-hydroxylation sites is 1. The number of hydrogen-bond donors (Lipinski definition) is 1. The van der Waals surface area contributed by atoms with Gasteiger partial charge in [0.1, 0.15) is 12.4 Å². The monoisotopic (exact) mass is 339 g/mol. The number of rotatable bonds is 4. The number of halogens is 1. The van der Waals surface area contributed by atoms with E-state index in [9.17, 15) is 0 Å². The number of benzene rings is 2. The van der Waals surface area contributed by atoms with Crippen molar-refractivity contribution in [2.75, 3.05) is 27.2 Å². The lowest BCUT2D eigenvalue weighted by Gasteiger charge is -2.10. The molecule has 4 rings (SSSR count). The minimum Gasteiger partial charge on any atom is -0.492 e. The molecule has 0 spiro atoms. The number of aromatic amines is 1. The second kappa shape index (κ2) is 5.96. The van der Waals surface area contributed by atoms with Crippen molar-refractivity contribution in [3.63, 3.8) is 0 Å². The van der Waals surface area contributed by atoms with Gasteiger partial charge in [-0.25, -0.2) is 4.98 Å². The van der Waals surface area contributed by atoms with Gasteiger partial charge in [0.05, 0.1) is 21.6 Å². The Hall–Kier alpha value is -2.30. The zero-order chi connectivity index (χ0) is 16.7. The SMILES string of the molecule is CN(C)CCOc1ccc2[nH]c3c(Cl)c4ccccc4nc3c2c1. The number of ether oxygens (including phenoxy) is 1. The fraction of sp³-hybridized carbons (Fsp3) is 0.211. The van der Waals surface area contributed by atoms with Crippen LogP contribution in [0, 0.1) is 0 Å². The lowest BCUT2D eigenvalue weighted by molar-refractivity contribution is 0.261. The molecule has 0 aliphatic carbocycles. The molecule has 0 aliphatic heterocycles. The standard InChI is InChI=1S/C19H18ClN3O/c1-23(2)9-10-24-12-7-8-16-14(11-12)18-19(22-16)17(20)13-5-3-4-6-15(13)21-18/h3-8,11,22H,9-10H2,1-2H3. The van der Waals surface area contributed by atoms with E-state index in [4.69, 9.17) is 21.3 Å². The number of hydrogen-bond acceptors (Lipinski definition) is 3. The molecule has 0 atom stereocenters. The van der Waals surface area contributed by atoms with E-state index in [1.165, 1.54) is 0 Å². The van der Waals surface area contributed by atoms with Crippen molar-refractivity contribution < 1.29 is 4.74 Å². The summed E-state index contributed by atoms with van der Waals surface area (Å²) in [5.74, 6) is 0.844. The van der Waals surface area contributed by atoms with Crippen LogP contribution in [-0.2, 0) is 0 Å². The highest BCUT2D eigenvalue weighted by molar-refractivity contribution is 6.40. The zero-order valence-electron chi connectivity index (χ0n) is 13.6. The molecular formula is C19H18ClN3O. The molecule has 1 N–H and O–H groups in total. The second-order valence-electron chi connectivity index (χ2n) is 6.15. The number of likely N-dealkylation sites (N-methyl/N-ethyl adjacent to an activating group) is 1. The summed E-state index contributed by atoms with van der Waals surface area (Å²) in [6.07, 6.45) is 0. The third-order valence-electron chi connectivity index (χ3n) is 4.14. The summed E-state index contributed by atoms with van der Waals surface area (Å²) in [4.78, 5) is 10.3. The van der Waals surface area contributed by atoms with Gasteiger partial charge in [-0.05, 0) is 38.4 Å². The number of fused-ring (bicyclic) bond motifs is 4. The van der Waals surface area contributed by atoms with E-state index in [0.717, 1.165) is 45.1 Å². The van der Waals surface area contributed by atoms with Crippen LogP contribution in [0.5, 0.6) is 5.75 Å². The van der Waals surface area contributed by atoms with Gasteiger partial charge in [-0.15, -0.1) is 0 Å². The average Bonchev–Trinajstić information content (AvgIpc) is 2.93. The highest BCUT2D eigenvalue weighted by Crippen LogP contribution is 2.35. The van der Waals surface area contributed by atoms with Crippen LogP contribution in [0.3, 0.4) is 0 Å². The molecule has 0 saturated heterocycles. The molecule has 0 fully saturated rings. The van der Waals surface area contributed by atoms with Crippen molar-refractivity contribution in [3.05, 3.63) is 47.5 Å². The fourth-order valence-electron chi connectivity index (χ4n) is 2.88. The van der Waals surface area contributed by atoms with Crippen LogP contribution in [0.4, 0.5) is 0 Å². The molecule has 2 heterocycles. The van der Waals surface area contributed by atoms with E-state index in [0.29, 0.717) is 11.6 Å². The third kappa shape index (κ3) is 2.58. The number of H-pyrrole nitrogens is 1. The third-order valence-corrected chi connectivity index (χ3v) is 4.53. The fourth-order valence-corrected chi connectivity index (χ4v) is 3.18. The summed E-state index contributed by atoms with van der Waals surface area (Å²) in [6.45, 7) is 1.53. The Labute approximate surface area is 145 Å². The van der Waals surface area contributed by atoms with Crippen molar-refractivity contribution >= 4 is 44.4 Å². The Morgan fingerprint density at radius 2 is 1.96 bits per heavy atom. The summed E-state index contributed by atoms with van der Waals surface area (Å²) >= 11 is 6.60. The summed E-state index contributed by atoms with van der Waals surface area (Å²) < 4.78 is 5.84. The summed E-state index contributed by atoms with van der Waals surface area (Å²) in [7, 11) is 4.06. The van der Waals surface area contributed by atoms with Crippen molar-refractivity contribution in [1.29, 1.82) is 0 Å². The van der Waals surface area contributed by atoms with Crippen molar-refractivity contribution in [3.8, 4) is 5.75 Å². The van der Waals surface area contributed by atoms with E-state index in [1.54, 1.807) is 0 Å². The van der Waals surface area contributed by atoms with Gasteiger partial charge >= 0.3 is 0 Å². The first-order chi connectivity index (χ1) is 11.6. The van der Waals surface area contributed by atoms with Gasteiger partial charge in [-0.3, -0.25) is 0 Å². The minimum atomic E-state index is 0.651. The van der Waals surface area contributed by atoms with Gasteiger partial charge in [0.2, 0.25) is 0 Å². The largest absolute Gasteiger partial charge is 0.492 e. The van der Waals surface area contributed by atoms with E-state index in [2.05, 4.69) is 9.88 Å². The Bertz CT molecular complexity index is 1040. The Morgan fingerprint density at radius 1 is 1.12 bits per heavy atom. The Morgan fingerprint density at radius 3 is 2.79 bits per heavy atom. The molecule has 5 heteroatoms. The predicted octanol–water partition coefficient (Wildman–Crippen LogP) is 4.46. The lowest BCUT2D eigenvalue weighted by Crippen LogP contribution is -2.19. The van der Waals surface area contributed by atoms with E-state index < -0.39 is 0 Å². The molecule has 24 heavy (non-hydrogen) atoms. The molecule has 0 unspecified atom stereocenters. The van der Waals surface area contributed by atoms with E-state index >= 15 is 0 Å². The Kier molecular flexibility index (Phi) is 3.79. The molecule has 2 aromatic heterocycles. The second-order valence-corrected chi connectivity index (χ2v) is 6.53. The number of aromatic nitrogens is 2. The van der Waals surface area contributed by atoms with Crippen molar-refractivity contribution in [2.45, 2.75) is 0 Å². The van der Waals surface area contributed by atoms with Gasteiger partial charge in [0.15, 0.2) is 0 Å². The summed E-state index contributed by atoms with van der Waals surface area (Å²) in [5, 5.41) is 2.70. The molecule has 0 bridgehead atoms. The Balaban J connectivity index is 1.85. The van der Waals surface area contributed by atoms with Gasteiger partial charge in [0.25, 0.3) is 0 Å². The van der Waals surface area contributed by atoms with Gasteiger partial charge in [-0.1, -0.05) is 29.8 Å². The van der Waals surface area contributed by atoms with Crippen LogP contribution in [0.25, 0.3) is 32.8 Å². The zero-order valence-corrected chi connectivity index (χ0v) is 14.4. The molecule has 2 aromatic carbocycles. The maximum absolute atomic E-state index is 6.60. The maximum atomic E-state index is 6.60. The van der Waals surface area contributed by atoms with E-state index in [1.807, 2.05) is 56.6 Å². The van der Waals surface area contributed by atoms with Crippen molar-refractivity contribution in [1.82, 2.24) is 14.9 Å². The summed E-state index contributed by atoms with van der Waals surface area (Å²) in [5.41, 5.74) is 3.66. The average molecular weight is 340 g/mol. The number of nitrogens with one attached hydrogen (secondary N) is 1. The smallest absolute Gasteiger partial charge is 0.120 e.